The first-order valence-corrected chi connectivity index (χ1v) is 18.4. The van der Waals surface area contributed by atoms with E-state index in [-0.39, 0.29) is 0 Å². The van der Waals surface area contributed by atoms with Crippen LogP contribution in [0.3, 0.4) is 0 Å². The largest absolute Gasteiger partial charge is 0.455 e. The standard InChI is InChI=1S/C45H34B5N3O/c46-37-36(38(47)40(49)41(50)39(37)48)28-20-18-26(19-21-28)25-14-16-27(17-15-25)31-22-23-32-33-12-7-13-34(42(33)54-35(32)24-31)45-52-43(29-8-3-1-4-9-29)51-44(53-45)30-10-5-2-6-11-30/h1-24H,46-50H2. The minimum atomic E-state index is 0.575. The van der Waals surface area contributed by atoms with Crippen molar-refractivity contribution in [3.8, 4) is 67.5 Å². The van der Waals surface area contributed by atoms with Gasteiger partial charge in [-0.25, -0.2) is 15.0 Å². The minimum Gasteiger partial charge on any atom is -0.455 e. The van der Waals surface area contributed by atoms with E-state index in [1.54, 1.807) is 0 Å². The van der Waals surface area contributed by atoms with E-state index < -0.39 is 0 Å². The molecule has 0 atom stereocenters. The molecule has 2 aromatic heterocycles. The average Bonchev–Trinajstić information content (AvgIpc) is 3.61. The first-order valence-electron chi connectivity index (χ1n) is 18.4. The van der Waals surface area contributed by atoms with Gasteiger partial charge in [-0.15, -0.1) is 16.4 Å². The van der Waals surface area contributed by atoms with E-state index in [1.807, 2.05) is 72.8 Å². The second kappa shape index (κ2) is 13.6. The third kappa shape index (κ3) is 5.86. The molecule has 54 heavy (non-hydrogen) atoms. The Morgan fingerprint density at radius 3 is 1.37 bits per heavy atom. The Kier molecular flexibility index (Phi) is 8.43. The van der Waals surface area contributed by atoms with E-state index >= 15 is 0 Å². The van der Waals surface area contributed by atoms with E-state index in [9.17, 15) is 0 Å². The summed E-state index contributed by atoms with van der Waals surface area (Å²) in [5.74, 6) is 1.82. The van der Waals surface area contributed by atoms with Crippen LogP contribution in [0, 0.1) is 0 Å². The molecule has 4 nitrogen and oxygen atoms in total. The van der Waals surface area contributed by atoms with Crippen LogP contribution in [-0.4, -0.2) is 54.2 Å². The van der Waals surface area contributed by atoms with Gasteiger partial charge in [-0.1, -0.05) is 138 Å². The zero-order valence-electron chi connectivity index (χ0n) is 31.1. The number of hydrogen-bond acceptors (Lipinski definition) is 4. The van der Waals surface area contributed by atoms with Gasteiger partial charge in [0.25, 0.3) is 0 Å². The average molecular weight is 687 g/mol. The fourth-order valence-electron chi connectivity index (χ4n) is 7.70. The summed E-state index contributed by atoms with van der Waals surface area (Å²) in [6.45, 7) is 0. The zero-order chi connectivity index (χ0) is 36.9. The van der Waals surface area contributed by atoms with Gasteiger partial charge in [-0.2, -0.15) is 0 Å². The van der Waals surface area contributed by atoms with Crippen molar-refractivity contribution in [2.24, 2.45) is 0 Å². The molecule has 0 aliphatic carbocycles. The molecule has 2 heterocycles. The van der Waals surface area contributed by atoms with Crippen molar-refractivity contribution in [3.63, 3.8) is 0 Å². The van der Waals surface area contributed by atoms with Crippen LogP contribution in [0.15, 0.2) is 150 Å². The molecule has 0 aliphatic rings. The van der Waals surface area contributed by atoms with Gasteiger partial charge < -0.3 is 4.42 Å². The SMILES string of the molecule is Bc1c(B)c(B)c(-c2ccc(-c3ccc(-c4ccc5c(c4)oc4c(-c6nc(-c7ccccc7)nc(-c7ccccc7)n6)cccc45)cc3)cc2)c(B)c1B. The molecule has 0 unspecified atom stereocenters. The van der Waals surface area contributed by atoms with Crippen LogP contribution >= 0.6 is 0 Å². The van der Waals surface area contributed by atoms with Crippen molar-refractivity contribution < 1.29 is 4.42 Å². The summed E-state index contributed by atoms with van der Waals surface area (Å²) >= 11 is 0. The van der Waals surface area contributed by atoms with Crippen LogP contribution < -0.4 is 27.3 Å². The van der Waals surface area contributed by atoms with Crippen molar-refractivity contribution in [3.05, 3.63) is 146 Å². The molecule has 0 N–H and O–H groups in total. The molecule has 250 valence electrons. The van der Waals surface area contributed by atoms with Gasteiger partial charge in [0.15, 0.2) is 17.5 Å². The second-order valence-electron chi connectivity index (χ2n) is 14.2. The van der Waals surface area contributed by atoms with Crippen molar-refractivity contribution in [1.29, 1.82) is 0 Å². The summed E-state index contributed by atoms with van der Waals surface area (Å²) in [6.07, 6.45) is 0. The predicted octanol–water partition coefficient (Wildman–Crippen LogP) is 3.07. The van der Waals surface area contributed by atoms with Crippen LogP contribution in [0.5, 0.6) is 0 Å². The molecule has 0 saturated heterocycles. The normalized spacial score (nSPS) is 11.3. The molecule has 0 fully saturated rings. The Morgan fingerprint density at radius 1 is 0.352 bits per heavy atom. The van der Waals surface area contributed by atoms with Crippen molar-refractivity contribution in [2.75, 3.05) is 0 Å². The highest BCUT2D eigenvalue weighted by atomic mass is 16.3. The molecule has 0 radical (unpaired) electrons. The zero-order valence-corrected chi connectivity index (χ0v) is 31.1. The number of benzene rings is 7. The van der Waals surface area contributed by atoms with Crippen LogP contribution in [0.2, 0.25) is 0 Å². The van der Waals surface area contributed by atoms with E-state index in [0.717, 1.165) is 49.8 Å². The molecule has 9 heteroatoms. The third-order valence-corrected chi connectivity index (χ3v) is 11.2. The summed E-state index contributed by atoms with van der Waals surface area (Å²) in [7, 11) is 11.2. The Hall–Kier alpha value is -6.33. The van der Waals surface area contributed by atoms with Gasteiger partial charge in [-0.3, -0.25) is 0 Å². The lowest BCUT2D eigenvalue weighted by Gasteiger charge is -2.20. The van der Waals surface area contributed by atoms with Gasteiger partial charge in [0.05, 0.1) is 5.56 Å². The van der Waals surface area contributed by atoms with Gasteiger partial charge in [-0.05, 0) is 51.6 Å². The second-order valence-corrected chi connectivity index (χ2v) is 14.2. The van der Waals surface area contributed by atoms with Crippen LogP contribution in [-0.2, 0) is 0 Å². The number of rotatable bonds is 6. The fraction of sp³-hybridized carbons (Fsp3) is 0. The van der Waals surface area contributed by atoms with Crippen molar-refractivity contribution >= 4 is 88.5 Å². The summed E-state index contributed by atoms with van der Waals surface area (Å²) in [5.41, 5.74) is 18.4. The highest BCUT2D eigenvalue weighted by molar-refractivity contribution is 6.68. The summed E-state index contributed by atoms with van der Waals surface area (Å²) in [5, 5.41) is 2.08. The molecule has 7 aromatic carbocycles. The Morgan fingerprint density at radius 2 is 0.815 bits per heavy atom. The maximum atomic E-state index is 6.67. The smallest absolute Gasteiger partial charge is 0.167 e. The van der Waals surface area contributed by atoms with Crippen LogP contribution in [0.4, 0.5) is 0 Å². The maximum Gasteiger partial charge on any atom is 0.167 e. The third-order valence-electron chi connectivity index (χ3n) is 11.2. The van der Waals surface area contributed by atoms with E-state index in [0.29, 0.717) is 17.5 Å². The first kappa shape index (κ1) is 33.5. The number of hydrogen-bond donors (Lipinski definition) is 0. The molecule has 0 aliphatic heterocycles. The van der Waals surface area contributed by atoms with E-state index in [2.05, 4.69) is 112 Å². The Balaban J connectivity index is 1.05. The van der Waals surface area contributed by atoms with E-state index in [1.165, 1.54) is 49.6 Å². The van der Waals surface area contributed by atoms with Gasteiger partial charge >= 0.3 is 0 Å². The molecule has 0 bridgehead atoms. The first-order chi connectivity index (χ1) is 26.3. The summed E-state index contributed by atoms with van der Waals surface area (Å²) in [6, 6.07) is 50.5. The molecule has 0 saturated carbocycles. The molecule has 0 amide bonds. The van der Waals surface area contributed by atoms with Crippen molar-refractivity contribution in [1.82, 2.24) is 15.0 Å². The highest BCUT2D eigenvalue weighted by Gasteiger charge is 2.18. The number of furan rings is 1. The topological polar surface area (TPSA) is 51.8 Å². The lowest BCUT2D eigenvalue weighted by Crippen LogP contribution is -2.55. The fourth-order valence-corrected chi connectivity index (χ4v) is 7.70. The van der Waals surface area contributed by atoms with Gasteiger partial charge in [0.2, 0.25) is 0 Å². The number of fused-ring (bicyclic) bond motifs is 3. The molecular weight excluding hydrogens is 653 g/mol. The molecule has 9 aromatic rings. The lowest BCUT2D eigenvalue weighted by atomic mass is 9.59. The highest BCUT2D eigenvalue weighted by Crippen LogP contribution is 2.38. The number of nitrogens with zero attached hydrogens (tertiary/aromatic N) is 3. The molecule has 0 spiro atoms. The Bertz CT molecular complexity index is 2770. The number of para-hydroxylation sites is 1. The van der Waals surface area contributed by atoms with Gasteiger partial charge in [0.1, 0.15) is 50.4 Å². The van der Waals surface area contributed by atoms with Crippen molar-refractivity contribution in [2.45, 2.75) is 0 Å². The predicted molar refractivity (Wildman–Crippen MR) is 241 cm³/mol. The number of aromatic nitrogens is 3. The Labute approximate surface area is 319 Å². The minimum absolute atomic E-state index is 0.575. The quantitative estimate of drug-likeness (QED) is 0.253. The van der Waals surface area contributed by atoms with Gasteiger partial charge in [0, 0.05) is 21.9 Å². The lowest BCUT2D eigenvalue weighted by molar-refractivity contribution is 0.669. The molecular formula is C45H34B5N3O. The summed E-state index contributed by atoms with van der Waals surface area (Å²) in [4.78, 5) is 14.8. The maximum absolute atomic E-state index is 6.67. The summed E-state index contributed by atoms with van der Waals surface area (Å²) < 4.78 is 6.67. The monoisotopic (exact) mass is 687 g/mol. The van der Waals surface area contributed by atoms with Crippen LogP contribution in [0.25, 0.3) is 89.5 Å². The van der Waals surface area contributed by atoms with Crippen LogP contribution in [0.1, 0.15) is 0 Å². The molecule has 9 rings (SSSR count). The van der Waals surface area contributed by atoms with E-state index in [4.69, 9.17) is 19.4 Å².